The van der Waals surface area contributed by atoms with E-state index in [1.165, 1.54) is 0 Å². The van der Waals surface area contributed by atoms with Crippen LogP contribution in [0.25, 0.3) is 0 Å². The molecule has 10 heteroatoms. The molecular weight excluding hydrogens is 344 g/mol. The highest BCUT2D eigenvalue weighted by molar-refractivity contribution is 7.80. The van der Waals surface area contributed by atoms with E-state index in [1.54, 1.807) is 0 Å². The summed E-state index contributed by atoms with van der Waals surface area (Å²) >= 11 is 9.46. The number of hydrogen-bond donors (Lipinski definition) is 7. The van der Waals surface area contributed by atoms with Crippen molar-refractivity contribution < 1.29 is 0 Å². The Bertz CT molecular complexity index is 644. The first-order valence-electron chi connectivity index (χ1n) is 7.19. The van der Waals surface area contributed by atoms with E-state index in [9.17, 15) is 0 Å². The van der Waals surface area contributed by atoms with Gasteiger partial charge in [0.2, 0.25) is 0 Å². The molecule has 0 saturated carbocycles. The molecule has 0 bridgehead atoms. The van der Waals surface area contributed by atoms with Gasteiger partial charge in [0.05, 0.1) is 6.54 Å². The number of thiocarbonyl (C=S) groups is 2. The summed E-state index contributed by atoms with van der Waals surface area (Å²) in [5, 5.41) is 8.66. The topological polar surface area (TPSA) is 153 Å². The number of hydrogen-bond acceptors (Lipinski definition) is 5. The van der Waals surface area contributed by atoms with Crippen LogP contribution in [0, 0.1) is 13.8 Å². The van der Waals surface area contributed by atoms with Crippen LogP contribution in [0.4, 0.5) is 0 Å². The molecule has 0 saturated heterocycles. The molecule has 1 aromatic rings. The summed E-state index contributed by atoms with van der Waals surface area (Å²) in [4.78, 5) is 4.22. The quantitative estimate of drug-likeness (QED) is 0.147. The molecule has 1 unspecified atom stereocenters. The third-order valence-corrected chi connectivity index (χ3v) is 3.50. The van der Waals surface area contributed by atoms with Gasteiger partial charge in [-0.05, 0) is 60.5 Å². The van der Waals surface area contributed by atoms with Gasteiger partial charge in [0.25, 0.3) is 0 Å². The number of benzene rings is 1. The fraction of sp³-hybridized carbons (Fsp3) is 0.357. The molecule has 8 nitrogen and oxygen atoms in total. The summed E-state index contributed by atoms with van der Waals surface area (Å²) < 4.78 is 0. The van der Waals surface area contributed by atoms with Gasteiger partial charge in [0.1, 0.15) is 6.29 Å². The smallest absolute Gasteiger partial charge is 0.195 e. The van der Waals surface area contributed by atoms with E-state index in [-0.39, 0.29) is 16.2 Å². The number of rotatable bonds is 6. The molecule has 1 aromatic carbocycles. The lowest BCUT2D eigenvalue weighted by molar-refractivity contribution is 0.499. The number of aryl methyl sites for hydroxylation is 2. The van der Waals surface area contributed by atoms with Gasteiger partial charge in [-0.2, -0.15) is 0 Å². The molecule has 24 heavy (non-hydrogen) atoms. The summed E-state index contributed by atoms with van der Waals surface area (Å²) in [5.41, 5.74) is 26.6. The zero-order valence-electron chi connectivity index (χ0n) is 13.7. The molecule has 0 radical (unpaired) electrons. The van der Waals surface area contributed by atoms with E-state index in [0.29, 0.717) is 13.1 Å². The Hall–Kier alpha value is -2.01. The Balaban J connectivity index is 2.75. The van der Waals surface area contributed by atoms with Crippen molar-refractivity contribution in [2.75, 3.05) is 0 Å². The van der Waals surface area contributed by atoms with Crippen molar-refractivity contribution >= 4 is 40.6 Å². The van der Waals surface area contributed by atoms with Gasteiger partial charge in [-0.3, -0.25) is 11.1 Å². The van der Waals surface area contributed by atoms with Crippen molar-refractivity contribution in [3.8, 4) is 0 Å². The van der Waals surface area contributed by atoms with E-state index >= 15 is 0 Å². The molecule has 0 heterocycles. The minimum atomic E-state index is -0.502. The number of nitrogens with two attached hydrogens (primary N) is 4. The van der Waals surface area contributed by atoms with Gasteiger partial charge in [-0.25, -0.2) is 4.99 Å². The normalized spacial score (nSPS) is 12.5. The first kappa shape index (κ1) is 20.0. The third-order valence-electron chi connectivity index (χ3n) is 3.28. The monoisotopic (exact) mass is 368 g/mol. The van der Waals surface area contributed by atoms with Gasteiger partial charge in [-0.1, -0.05) is 12.1 Å². The molecule has 0 aromatic heterocycles. The van der Waals surface area contributed by atoms with Crippen molar-refractivity contribution in [1.29, 1.82) is 0 Å². The standard InChI is InChI=1S/C14H24N8S2/c1-7-3-10(6-20-12(16)22-14(18)24)8(2)4-9(7)5-19-11(15)21-13(17)23/h3-4,11,19H,5-6,15H2,1-2H3,(H3,17,21,23)(H5,16,18,20,22,24). The number of nitrogens with one attached hydrogen (secondary N) is 3. The fourth-order valence-corrected chi connectivity index (χ4v) is 2.29. The predicted octanol–water partition coefficient (Wildman–Crippen LogP) is -0.884. The van der Waals surface area contributed by atoms with Gasteiger partial charge in [0.15, 0.2) is 16.2 Å². The number of guanidine groups is 1. The maximum absolute atomic E-state index is 5.81. The first-order chi connectivity index (χ1) is 11.2. The summed E-state index contributed by atoms with van der Waals surface area (Å²) in [6.07, 6.45) is -0.502. The lowest BCUT2D eigenvalue weighted by atomic mass is 10.00. The van der Waals surface area contributed by atoms with Crippen molar-refractivity contribution in [2.24, 2.45) is 27.9 Å². The molecule has 11 N–H and O–H groups in total. The second kappa shape index (κ2) is 9.33. The second-order valence-corrected chi connectivity index (χ2v) is 6.14. The van der Waals surface area contributed by atoms with Crippen LogP contribution in [0.3, 0.4) is 0 Å². The Morgan fingerprint density at radius 1 is 1.08 bits per heavy atom. The lowest BCUT2D eigenvalue weighted by Crippen LogP contribution is -2.53. The van der Waals surface area contributed by atoms with E-state index in [2.05, 4.69) is 33.1 Å². The Kier molecular flexibility index (Phi) is 7.79. The maximum atomic E-state index is 5.81. The average Bonchev–Trinajstić information content (AvgIpc) is 2.44. The molecule has 1 rings (SSSR count). The summed E-state index contributed by atoms with van der Waals surface area (Å²) in [5.74, 6) is 0.195. The van der Waals surface area contributed by atoms with E-state index in [1.807, 2.05) is 13.8 Å². The number of aliphatic imine (C=N–C) groups is 1. The molecule has 0 spiro atoms. The first-order valence-corrected chi connectivity index (χ1v) is 8.01. The second-order valence-electron chi connectivity index (χ2n) is 5.26. The Morgan fingerprint density at radius 2 is 1.67 bits per heavy atom. The van der Waals surface area contributed by atoms with E-state index < -0.39 is 6.29 Å². The molecule has 0 aliphatic carbocycles. The Labute approximate surface area is 152 Å². The van der Waals surface area contributed by atoms with Gasteiger partial charge in [-0.15, -0.1) is 0 Å². The van der Waals surface area contributed by atoms with Crippen molar-refractivity contribution in [1.82, 2.24) is 16.0 Å². The lowest BCUT2D eigenvalue weighted by Gasteiger charge is -2.17. The van der Waals surface area contributed by atoms with Crippen LogP contribution in [0.1, 0.15) is 22.3 Å². The zero-order valence-corrected chi connectivity index (χ0v) is 15.4. The zero-order chi connectivity index (χ0) is 18.3. The molecule has 0 aliphatic heterocycles. The van der Waals surface area contributed by atoms with Gasteiger partial charge in [0, 0.05) is 6.54 Å². The molecule has 132 valence electrons. The van der Waals surface area contributed by atoms with Crippen molar-refractivity contribution in [3.63, 3.8) is 0 Å². The number of nitrogens with zero attached hydrogens (tertiary/aromatic N) is 1. The van der Waals surface area contributed by atoms with Gasteiger partial charge < -0.3 is 27.8 Å². The molecule has 0 amide bonds. The Morgan fingerprint density at radius 3 is 2.25 bits per heavy atom. The SMILES string of the molecule is Cc1cc(CNC(N)NC(N)=S)c(C)cc1CN=C(N)NC(N)=S. The van der Waals surface area contributed by atoms with Crippen LogP contribution in [0.5, 0.6) is 0 Å². The van der Waals surface area contributed by atoms with Crippen LogP contribution in [-0.4, -0.2) is 22.5 Å². The maximum Gasteiger partial charge on any atom is 0.195 e. The van der Waals surface area contributed by atoms with Gasteiger partial charge >= 0.3 is 0 Å². The summed E-state index contributed by atoms with van der Waals surface area (Å²) in [7, 11) is 0. The summed E-state index contributed by atoms with van der Waals surface area (Å²) in [6, 6.07) is 4.15. The summed E-state index contributed by atoms with van der Waals surface area (Å²) in [6.45, 7) is 5.05. The van der Waals surface area contributed by atoms with E-state index in [4.69, 9.17) is 47.4 Å². The minimum Gasteiger partial charge on any atom is -0.376 e. The minimum absolute atomic E-state index is 0.0903. The molecule has 1 atom stereocenters. The highest BCUT2D eigenvalue weighted by Crippen LogP contribution is 2.17. The largest absolute Gasteiger partial charge is 0.376 e. The van der Waals surface area contributed by atoms with Crippen molar-refractivity contribution in [3.05, 3.63) is 34.4 Å². The average molecular weight is 369 g/mol. The molecule has 0 fully saturated rings. The third kappa shape index (κ3) is 7.04. The molecule has 0 aliphatic rings. The van der Waals surface area contributed by atoms with Crippen LogP contribution >= 0.6 is 24.4 Å². The van der Waals surface area contributed by atoms with Crippen LogP contribution in [0.15, 0.2) is 17.1 Å². The van der Waals surface area contributed by atoms with Crippen LogP contribution in [0.2, 0.25) is 0 Å². The molecular formula is C14H24N8S2. The predicted molar refractivity (Wildman–Crippen MR) is 106 cm³/mol. The van der Waals surface area contributed by atoms with Crippen molar-refractivity contribution in [2.45, 2.75) is 33.2 Å². The highest BCUT2D eigenvalue weighted by Gasteiger charge is 2.07. The van der Waals surface area contributed by atoms with Crippen LogP contribution < -0.4 is 38.9 Å². The highest BCUT2D eigenvalue weighted by atomic mass is 32.1. The van der Waals surface area contributed by atoms with E-state index in [0.717, 1.165) is 22.3 Å². The fourth-order valence-electron chi connectivity index (χ4n) is 2.06. The van der Waals surface area contributed by atoms with Crippen LogP contribution in [-0.2, 0) is 13.1 Å².